The molecule has 14 nitrogen and oxygen atoms in total. The summed E-state index contributed by atoms with van der Waals surface area (Å²) in [4.78, 5) is 67.0. The van der Waals surface area contributed by atoms with E-state index in [0.717, 1.165) is 29.4 Å². The molecule has 3 aliphatic heterocycles. The number of piperidine rings is 1. The summed E-state index contributed by atoms with van der Waals surface area (Å²) in [5.74, 6) is -1.34. The van der Waals surface area contributed by atoms with Crippen LogP contribution in [0.25, 0.3) is 0 Å². The smallest absolute Gasteiger partial charge is 0.410 e. The molecule has 2 saturated heterocycles. The molecule has 5 rings (SSSR count). The number of hydrogen-bond acceptors (Lipinski definition) is 11. The van der Waals surface area contributed by atoms with Gasteiger partial charge >= 0.3 is 6.09 Å². The van der Waals surface area contributed by atoms with Gasteiger partial charge in [-0.1, -0.05) is 6.07 Å². The second-order valence-electron chi connectivity index (χ2n) is 12.5. The molecule has 1 atom stereocenters. The Kier molecular flexibility index (Phi) is 11.2. The van der Waals surface area contributed by atoms with E-state index in [1.54, 1.807) is 17.0 Å². The molecule has 2 fully saturated rings. The molecule has 3 aliphatic rings. The third-order valence-corrected chi connectivity index (χ3v) is 7.92. The van der Waals surface area contributed by atoms with Crippen molar-refractivity contribution in [2.24, 2.45) is 0 Å². The monoisotopic (exact) mass is 666 g/mol. The highest BCUT2D eigenvalue weighted by atomic mass is 16.6. The lowest BCUT2D eigenvalue weighted by Gasteiger charge is -2.36. The lowest BCUT2D eigenvalue weighted by molar-refractivity contribution is -0.136. The average Bonchev–Trinajstić information content (AvgIpc) is 3.31. The first-order valence-electron chi connectivity index (χ1n) is 16.1. The predicted molar refractivity (Wildman–Crippen MR) is 172 cm³/mol. The summed E-state index contributed by atoms with van der Waals surface area (Å²) in [5.41, 5.74) is 0.814. The fourth-order valence-corrected chi connectivity index (χ4v) is 5.58. The molecule has 0 radical (unpaired) electrons. The van der Waals surface area contributed by atoms with Crippen molar-refractivity contribution >= 4 is 35.4 Å². The number of nitrogens with one attached hydrogen (secondary N) is 1. The quantitative estimate of drug-likeness (QED) is 0.248. The van der Waals surface area contributed by atoms with E-state index in [-0.39, 0.29) is 49.0 Å². The van der Waals surface area contributed by atoms with Crippen LogP contribution in [0.15, 0.2) is 42.5 Å². The van der Waals surface area contributed by atoms with Crippen molar-refractivity contribution in [1.29, 1.82) is 0 Å². The molecule has 0 saturated carbocycles. The fraction of sp³-hybridized carbons (Fsp3) is 0.500. The molecule has 1 unspecified atom stereocenters. The normalized spacial score (nSPS) is 18.1. The largest absolute Gasteiger partial charge is 0.491 e. The van der Waals surface area contributed by atoms with E-state index in [1.807, 2.05) is 45.0 Å². The van der Waals surface area contributed by atoms with Crippen molar-refractivity contribution in [3.63, 3.8) is 0 Å². The van der Waals surface area contributed by atoms with Gasteiger partial charge in [-0.05, 0) is 63.6 Å². The third-order valence-electron chi connectivity index (χ3n) is 7.92. The van der Waals surface area contributed by atoms with E-state index in [2.05, 4.69) is 10.2 Å². The van der Waals surface area contributed by atoms with Crippen LogP contribution in [0.4, 0.5) is 10.5 Å². The Labute approximate surface area is 279 Å². The van der Waals surface area contributed by atoms with E-state index < -0.39 is 35.3 Å². The average molecular weight is 667 g/mol. The Morgan fingerprint density at radius 1 is 0.812 bits per heavy atom. The predicted octanol–water partition coefficient (Wildman–Crippen LogP) is 2.64. The molecule has 0 aromatic heterocycles. The zero-order valence-electron chi connectivity index (χ0n) is 27.5. The first kappa shape index (κ1) is 34.6. The van der Waals surface area contributed by atoms with E-state index in [0.29, 0.717) is 39.5 Å². The highest BCUT2D eigenvalue weighted by Gasteiger charge is 2.46. The number of carbonyl (C=O) groups is 5. The van der Waals surface area contributed by atoms with Gasteiger partial charge in [0.05, 0.1) is 37.6 Å². The number of piperazine rings is 1. The molecular weight excluding hydrogens is 624 g/mol. The maximum absolute atomic E-state index is 13.1. The van der Waals surface area contributed by atoms with Gasteiger partial charge < -0.3 is 33.5 Å². The number of carbonyl (C=O) groups excluding carboxylic acids is 5. The maximum atomic E-state index is 13.1. The number of amides is 5. The SMILES string of the molecule is CC(C)(C)OC(=O)N1CCN(c2ccc(OCCOCCOCCOc3cccc4c3C(=O)N(C3CCC(=O)NC3=O)C4=O)cc2)CC1. The van der Waals surface area contributed by atoms with Crippen LogP contribution < -0.4 is 19.7 Å². The van der Waals surface area contributed by atoms with Gasteiger partial charge in [0.15, 0.2) is 0 Å². The molecule has 2 aromatic carbocycles. The third kappa shape index (κ3) is 8.61. The van der Waals surface area contributed by atoms with E-state index in [1.165, 1.54) is 6.07 Å². The Bertz CT molecular complexity index is 1500. The van der Waals surface area contributed by atoms with Crippen molar-refractivity contribution in [3.05, 3.63) is 53.6 Å². The molecule has 14 heteroatoms. The van der Waals surface area contributed by atoms with Gasteiger partial charge in [0.2, 0.25) is 11.8 Å². The lowest BCUT2D eigenvalue weighted by Crippen LogP contribution is -2.54. The van der Waals surface area contributed by atoms with Crippen LogP contribution in [0.3, 0.4) is 0 Å². The molecule has 3 heterocycles. The van der Waals surface area contributed by atoms with Crippen molar-refractivity contribution < 1.29 is 47.7 Å². The highest BCUT2D eigenvalue weighted by Crippen LogP contribution is 2.33. The summed E-state index contributed by atoms with van der Waals surface area (Å²) in [6, 6.07) is 11.5. The molecule has 1 N–H and O–H groups in total. The minimum atomic E-state index is -1.04. The van der Waals surface area contributed by atoms with E-state index in [4.69, 9.17) is 23.7 Å². The van der Waals surface area contributed by atoms with E-state index >= 15 is 0 Å². The zero-order valence-corrected chi connectivity index (χ0v) is 27.5. The van der Waals surface area contributed by atoms with Gasteiger partial charge in [0.1, 0.15) is 36.4 Å². The van der Waals surface area contributed by atoms with Crippen LogP contribution in [0.1, 0.15) is 54.3 Å². The summed E-state index contributed by atoms with van der Waals surface area (Å²) in [6.45, 7) is 10.0. The van der Waals surface area contributed by atoms with Crippen molar-refractivity contribution in [2.45, 2.75) is 45.3 Å². The number of nitrogens with zero attached hydrogens (tertiary/aromatic N) is 3. The van der Waals surface area contributed by atoms with Gasteiger partial charge in [0.25, 0.3) is 11.8 Å². The number of ether oxygens (including phenoxy) is 5. The first-order chi connectivity index (χ1) is 23.0. The molecule has 0 aliphatic carbocycles. The summed E-state index contributed by atoms with van der Waals surface area (Å²) in [6.07, 6.45) is -0.143. The molecule has 5 amide bonds. The molecular formula is C34H42N4O10. The van der Waals surface area contributed by atoms with Crippen LogP contribution in [0, 0.1) is 0 Å². The Hall–Kier alpha value is -4.69. The Morgan fingerprint density at radius 3 is 2.10 bits per heavy atom. The number of fused-ring (bicyclic) bond motifs is 1. The Morgan fingerprint density at radius 2 is 1.46 bits per heavy atom. The van der Waals surface area contributed by atoms with E-state index in [9.17, 15) is 24.0 Å². The number of benzene rings is 2. The molecule has 0 bridgehead atoms. The summed E-state index contributed by atoms with van der Waals surface area (Å²) < 4.78 is 28.2. The van der Waals surface area contributed by atoms with Gasteiger partial charge in [-0.25, -0.2) is 4.79 Å². The van der Waals surface area contributed by atoms with Gasteiger partial charge in [-0.2, -0.15) is 0 Å². The van der Waals surface area contributed by atoms with Crippen LogP contribution in [-0.4, -0.2) is 117 Å². The van der Waals surface area contributed by atoms with Crippen LogP contribution >= 0.6 is 0 Å². The van der Waals surface area contributed by atoms with Crippen molar-refractivity contribution in [1.82, 2.24) is 15.1 Å². The topological polar surface area (TPSA) is 153 Å². The number of imide groups is 2. The minimum Gasteiger partial charge on any atom is -0.491 e. The fourth-order valence-electron chi connectivity index (χ4n) is 5.58. The number of anilines is 1. The van der Waals surface area contributed by atoms with Crippen molar-refractivity contribution in [3.8, 4) is 11.5 Å². The summed E-state index contributed by atoms with van der Waals surface area (Å²) in [7, 11) is 0. The molecule has 258 valence electrons. The minimum absolute atomic E-state index is 0.0507. The zero-order chi connectivity index (χ0) is 34.3. The van der Waals surface area contributed by atoms with Crippen LogP contribution in [0.5, 0.6) is 11.5 Å². The standard InChI is InChI=1S/C34H42N4O10/c1-34(2,3)48-33(43)37-15-13-36(14-16-37)23-7-9-24(10-8-23)46-21-19-44-17-18-45-20-22-47-27-6-4-5-25-29(27)32(42)38(31(25)41)26-11-12-28(39)35-30(26)40/h4-10,26H,11-22H2,1-3H3,(H,35,39,40). The highest BCUT2D eigenvalue weighted by molar-refractivity contribution is 6.24. The van der Waals surface area contributed by atoms with Gasteiger partial charge in [0, 0.05) is 38.3 Å². The second kappa shape index (κ2) is 15.5. The van der Waals surface area contributed by atoms with Crippen molar-refractivity contribution in [2.75, 3.05) is 70.7 Å². The number of rotatable bonds is 13. The summed E-state index contributed by atoms with van der Waals surface area (Å²) >= 11 is 0. The maximum Gasteiger partial charge on any atom is 0.410 e. The first-order valence-corrected chi connectivity index (χ1v) is 16.1. The summed E-state index contributed by atoms with van der Waals surface area (Å²) in [5, 5.41) is 2.18. The Balaban J connectivity index is 0.938. The van der Waals surface area contributed by atoms with Crippen LogP contribution in [-0.2, 0) is 23.8 Å². The molecule has 48 heavy (non-hydrogen) atoms. The van der Waals surface area contributed by atoms with Crippen LogP contribution in [0.2, 0.25) is 0 Å². The molecule has 2 aromatic rings. The van der Waals surface area contributed by atoms with Gasteiger partial charge in [-0.15, -0.1) is 0 Å². The van der Waals surface area contributed by atoms with Gasteiger partial charge in [-0.3, -0.25) is 29.4 Å². The lowest BCUT2D eigenvalue weighted by atomic mass is 10.0. The molecule has 0 spiro atoms. The number of hydrogen-bond donors (Lipinski definition) is 1. The second-order valence-corrected chi connectivity index (χ2v) is 12.5.